The van der Waals surface area contributed by atoms with Crippen molar-refractivity contribution in [1.29, 1.82) is 0 Å². The van der Waals surface area contributed by atoms with Crippen LogP contribution in [0.3, 0.4) is 0 Å². The molecule has 0 spiro atoms. The molecule has 0 radical (unpaired) electrons. The fraction of sp³-hybridized carbons (Fsp3) is 0.250. The molecule has 0 aliphatic carbocycles. The minimum Gasteiger partial charge on any atom is -0.475 e. The van der Waals surface area contributed by atoms with E-state index in [1.165, 1.54) is 18.2 Å². The summed E-state index contributed by atoms with van der Waals surface area (Å²) in [6.45, 7) is 4.29. The Morgan fingerprint density at radius 3 is 2.57 bits per heavy atom. The van der Waals surface area contributed by atoms with E-state index in [1.54, 1.807) is 36.6 Å². The van der Waals surface area contributed by atoms with Gasteiger partial charge in [0.05, 0.1) is 4.92 Å². The first-order valence-electron chi connectivity index (χ1n) is 8.95. The quantitative estimate of drug-likeness (QED) is 0.239. The first-order chi connectivity index (χ1) is 14.3. The van der Waals surface area contributed by atoms with E-state index >= 15 is 0 Å². The molecule has 3 aromatic rings. The third kappa shape index (κ3) is 4.37. The lowest BCUT2D eigenvalue weighted by Gasteiger charge is -2.07. The molecule has 0 N–H and O–H groups in total. The monoisotopic (exact) mass is 413 g/mol. The molecule has 0 saturated carbocycles. The van der Waals surface area contributed by atoms with Crippen molar-refractivity contribution >= 4 is 17.4 Å². The predicted molar refractivity (Wildman–Crippen MR) is 104 cm³/mol. The van der Waals surface area contributed by atoms with E-state index in [9.17, 15) is 19.7 Å². The van der Waals surface area contributed by atoms with Gasteiger partial charge in [-0.1, -0.05) is 17.3 Å². The predicted octanol–water partition coefficient (Wildman–Crippen LogP) is 3.10. The number of ketones is 1. The van der Waals surface area contributed by atoms with Gasteiger partial charge in [-0.05, 0) is 32.9 Å². The molecule has 2 heterocycles. The van der Waals surface area contributed by atoms with Crippen molar-refractivity contribution in [2.75, 3.05) is 13.2 Å². The second kappa shape index (κ2) is 8.60. The van der Waals surface area contributed by atoms with Crippen molar-refractivity contribution in [1.82, 2.24) is 9.72 Å². The van der Waals surface area contributed by atoms with Crippen LogP contribution in [0.4, 0.5) is 5.69 Å². The van der Waals surface area contributed by atoms with Gasteiger partial charge in [0.25, 0.3) is 0 Å². The van der Waals surface area contributed by atoms with Gasteiger partial charge in [0.1, 0.15) is 5.76 Å². The molecule has 0 saturated heterocycles. The summed E-state index contributed by atoms with van der Waals surface area (Å²) in [7, 11) is 0. The highest BCUT2D eigenvalue weighted by Gasteiger charge is 2.20. The maximum Gasteiger partial charge on any atom is 0.344 e. The Labute approximate surface area is 171 Å². The number of aryl methyl sites for hydroxylation is 2. The standard InChI is InChI=1S/C20H19N3O7/c1-12-8-15(14(3)22(12)19-9-13(2)30-21-19)17(24)10-29-20(25)11-28-18-7-5-4-6-16(18)23(26)27/h4-9H,10-11H2,1-3H3. The van der Waals surface area contributed by atoms with Crippen LogP contribution >= 0.6 is 0 Å². The van der Waals surface area contributed by atoms with E-state index in [-0.39, 0.29) is 11.4 Å². The molecule has 0 unspecified atom stereocenters. The highest BCUT2D eigenvalue weighted by atomic mass is 16.6. The summed E-state index contributed by atoms with van der Waals surface area (Å²) in [6.07, 6.45) is 0. The number of carbonyl (C=O) groups is 2. The topological polar surface area (TPSA) is 127 Å². The van der Waals surface area contributed by atoms with Crippen LogP contribution in [0, 0.1) is 30.9 Å². The van der Waals surface area contributed by atoms with Gasteiger partial charge in [0.2, 0.25) is 5.78 Å². The highest BCUT2D eigenvalue weighted by molar-refractivity contribution is 5.99. The van der Waals surface area contributed by atoms with Crippen LogP contribution in [0.1, 0.15) is 27.5 Å². The molecule has 30 heavy (non-hydrogen) atoms. The van der Waals surface area contributed by atoms with Crippen molar-refractivity contribution in [2.24, 2.45) is 0 Å². The van der Waals surface area contributed by atoms with E-state index in [0.29, 0.717) is 22.8 Å². The molecule has 0 aliphatic heterocycles. The maximum absolute atomic E-state index is 12.5. The molecule has 156 valence electrons. The third-order valence-electron chi connectivity index (χ3n) is 4.35. The zero-order chi connectivity index (χ0) is 21.8. The summed E-state index contributed by atoms with van der Waals surface area (Å²) in [5, 5.41) is 14.9. The van der Waals surface area contributed by atoms with Gasteiger partial charge in [0, 0.05) is 29.1 Å². The summed E-state index contributed by atoms with van der Waals surface area (Å²) < 4.78 is 17.0. The average Bonchev–Trinajstić information content (AvgIpc) is 3.26. The van der Waals surface area contributed by atoms with Crippen LogP contribution in [-0.4, -0.2) is 39.6 Å². The van der Waals surface area contributed by atoms with Crippen LogP contribution < -0.4 is 4.74 Å². The molecule has 0 atom stereocenters. The van der Waals surface area contributed by atoms with Gasteiger partial charge in [-0.15, -0.1) is 0 Å². The van der Waals surface area contributed by atoms with E-state index in [1.807, 2.05) is 6.92 Å². The number of nitro benzene ring substituents is 1. The first-order valence-corrected chi connectivity index (χ1v) is 8.95. The van der Waals surface area contributed by atoms with Gasteiger partial charge in [-0.3, -0.25) is 19.5 Å². The van der Waals surface area contributed by atoms with Gasteiger partial charge >= 0.3 is 11.7 Å². The summed E-state index contributed by atoms with van der Waals surface area (Å²) in [4.78, 5) is 34.8. The van der Waals surface area contributed by atoms with Gasteiger partial charge in [0.15, 0.2) is 24.8 Å². The number of nitro groups is 1. The van der Waals surface area contributed by atoms with Crippen LogP contribution in [0.15, 0.2) is 40.9 Å². The summed E-state index contributed by atoms with van der Waals surface area (Å²) >= 11 is 0. The molecule has 0 amide bonds. The molecule has 2 aromatic heterocycles. The Kier molecular flexibility index (Phi) is 5.95. The van der Waals surface area contributed by atoms with E-state index in [4.69, 9.17) is 14.0 Å². The number of nitrogens with zero attached hydrogens (tertiary/aromatic N) is 3. The van der Waals surface area contributed by atoms with Crippen LogP contribution in [0.2, 0.25) is 0 Å². The number of hydrogen-bond acceptors (Lipinski definition) is 8. The Morgan fingerprint density at radius 2 is 1.90 bits per heavy atom. The maximum atomic E-state index is 12.5. The molecular formula is C20H19N3O7. The zero-order valence-electron chi connectivity index (χ0n) is 16.6. The van der Waals surface area contributed by atoms with Crippen LogP contribution in [0.5, 0.6) is 5.75 Å². The Hall–Kier alpha value is -3.95. The van der Waals surface area contributed by atoms with Gasteiger partial charge in [-0.25, -0.2) is 4.79 Å². The Balaban J connectivity index is 1.61. The lowest BCUT2D eigenvalue weighted by molar-refractivity contribution is -0.385. The lowest BCUT2D eigenvalue weighted by atomic mass is 10.1. The van der Waals surface area contributed by atoms with Crippen molar-refractivity contribution < 1.29 is 28.5 Å². The van der Waals surface area contributed by atoms with Crippen LogP contribution in [0.25, 0.3) is 5.82 Å². The fourth-order valence-corrected chi connectivity index (χ4v) is 2.99. The number of aromatic nitrogens is 2. The molecule has 3 rings (SSSR count). The number of hydrogen-bond donors (Lipinski definition) is 0. The molecular weight excluding hydrogens is 394 g/mol. The number of para-hydroxylation sites is 2. The number of Topliss-reactive ketones (excluding diaryl/α,β-unsaturated/α-hetero) is 1. The van der Waals surface area contributed by atoms with Gasteiger partial charge in [-0.2, -0.15) is 0 Å². The molecule has 10 nitrogen and oxygen atoms in total. The normalized spacial score (nSPS) is 10.6. The number of benzene rings is 1. The van der Waals surface area contributed by atoms with Crippen molar-refractivity contribution in [2.45, 2.75) is 20.8 Å². The SMILES string of the molecule is Cc1cc(-n2c(C)cc(C(=O)COC(=O)COc3ccccc3[N+](=O)[O-])c2C)no1. The largest absolute Gasteiger partial charge is 0.475 e. The second-order valence-electron chi connectivity index (χ2n) is 6.51. The number of rotatable bonds is 8. The number of carbonyl (C=O) groups excluding carboxylic acids is 2. The number of ether oxygens (including phenoxy) is 2. The second-order valence-corrected chi connectivity index (χ2v) is 6.51. The Morgan fingerprint density at radius 1 is 1.17 bits per heavy atom. The minimum atomic E-state index is -0.817. The van der Waals surface area contributed by atoms with Crippen LogP contribution in [-0.2, 0) is 9.53 Å². The summed E-state index contributed by atoms with van der Waals surface area (Å²) in [5.74, 6) is -0.0809. The minimum absolute atomic E-state index is 0.0581. The number of esters is 1. The molecule has 0 bridgehead atoms. The lowest BCUT2D eigenvalue weighted by Crippen LogP contribution is -2.20. The fourth-order valence-electron chi connectivity index (χ4n) is 2.99. The smallest absolute Gasteiger partial charge is 0.344 e. The molecule has 10 heteroatoms. The van der Waals surface area contributed by atoms with Crippen molar-refractivity contribution in [3.63, 3.8) is 0 Å². The summed E-state index contributed by atoms with van der Waals surface area (Å²) in [5.41, 5.74) is 1.53. The molecule has 0 aliphatic rings. The molecule has 0 fully saturated rings. The van der Waals surface area contributed by atoms with Crippen molar-refractivity contribution in [3.8, 4) is 11.6 Å². The Bertz CT molecular complexity index is 1110. The first kappa shape index (κ1) is 20.8. The van der Waals surface area contributed by atoms with Crippen molar-refractivity contribution in [3.05, 3.63) is 69.2 Å². The average molecular weight is 413 g/mol. The highest BCUT2D eigenvalue weighted by Crippen LogP contribution is 2.25. The zero-order valence-corrected chi connectivity index (χ0v) is 16.6. The van der Waals surface area contributed by atoms with E-state index in [2.05, 4.69) is 5.16 Å². The van der Waals surface area contributed by atoms with E-state index in [0.717, 1.165) is 5.69 Å². The third-order valence-corrected chi connectivity index (χ3v) is 4.35. The summed E-state index contributed by atoms with van der Waals surface area (Å²) in [6, 6.07) is 9.09. The van der Waals surface area contributed by atoms with E-state index < -0.39 is 29.9 Å². The molecule has 1 aromatic carbocycles. The van der Waals surface area contributed by atoms with Gasteiger partial charge < -0.3 is 14.0 Å².